The molecule has 1 aromatic heterocycles. The molecular formula is C23H27N5O5. The molecule has 0 fully saturated rings. The van der Waals surface area contributed by atoms with Crippen molar-refractivity contribution < 1.29 is 24.1 Å². The lowest BCUT2D eigenvalue weighted by Crippen LogP contribution is -2.39. The van der Waals surface area contributed by atoms with Crippen molar-refractivity contribution in [1.82, 2.24) is 20.9 Å². The number of aromatic nitrogens is 2. The van der Waals surface area contributed by atoms with Crippen molar-refractivity contribution in [3.8, 4) is 11.6 Å². The molecule has 0 bridgehead atoms. The van der Waals surface area contributed by atoms with E-state index in [0.717, 1.165) is 5.56 Å². The van der Waals surface area contributed by atoms with Gasteiger partial charge < -0.3 is 19.3 Å². The third-order valence-electron chi connectivity index (χ3n) is 4.27. The quantitative estimate of drug-likeness (QED) is 0.242. The standard InChI is InChI=1S/C23H27N5O5/c1-17(24-14-19(29)16-31-20-10-6-3-7-11-20)33-22-13-12-21(25-27-22)26-28-23(30)32-15-18-8-4-2-5-9-18/h2-13,17,19,24,29H,14-16H2,1H3,(H,25,26)(H,28,30). The summed E-state index contributed by atoms with van der Waals surface area (Å²) in [6, 6.07) is 21.8. The average Bonchev–Trinajstić information content (AvgIpc) is 2.86. The molecule has 3 aromatic rings. The van der Waals surface area contributed by atoms with Crippen LogP contribution in [-0.4, -0.2) is 46.9 Å². The van der Waals surface area contributed by atoms with Gasteiger partial charge in [0.15, 0.2) is 5.82 Å². The number of para-hydroxylation sites is 1. The third kappa shape index (κ3) is 9.01. The number of ether oxygens (including phenoxy) is 3. The molecule has 0 saturated heterocycles. The van der Waals surface area contributed by atoms with Crippen LogP contribution in [0.4, 0.5) is 10.6 Å². The van der Waals surface area contributed by atoms with Crippen molar-refractivity contribution in [2.45, 2.75) is 25.9 Å². The zero-order chi connectivity index (χ0) is 23.3. The van der Waals surface area contributed by atoms with E-state index in [9.17, 15) is 9.90 Å². The molecule has 0 saturated carbocycles. The van der Waals surface area contributed by atoms with E-state index in [1.54, 1.807) is 19.1 Å². The van der Waals surface area contributed by atoms with E-state index in [2.05, 4.69) is 26.4 Å². The van der Waals surface area contributed by atoms with Gasteiger partial charge >= 0.3 is 6.09 Å². The van der Waals surface area contributed by atoms with Crippen LogP contribution >= 0.6 is 0 Å². The second-order valence-corrected chi connectivity index (χ2v) is 7.01. The summed E-state index contributed by atoms with van der Waals surface area (Å²) in [6.07, 6.45) is -1.77. The number of aliphatic hydroxyl groups is 1. The Bertz CT molecular complexity index is 960. The van der Waals surface area contributed by atoms with Crippen LogP contribution in [0.1, 0.15) is 12.5 Å². The number of aliphatic hydroxyl groups excluding tert-OH is 1. The molecule has 1 amide bonds. The minimum atomic E-state index is -0.707. The van der Waals surface area contributed by atoms with Crippen LogP contribution in [0.2, 0.25) is 0 Å². The van der Waals surface area contributed by atoms with Crippen molar-refractivity contribution >= 4 is 11.9 Å². The number of carbonyl (C=O) groups excluding carboxylic acids is 1. The van der Waals surface area contributed by atoms with Crippen LogP contribution in [0.15, 0.2) is 72.8 Å². The second kappa shape index (κ2) is 12.8. The number of nitrogens with one attached hydrogen (secondary N) is 3. The summed E-state index contributed by atoms with van der Waals surface area (Å²) in [6.45, 7) is 2.37. The van der Waals surface area contributed by atoms with E-state index in [0.29, 0.717) is 11.6 Å². The van der Waals surface area contributed by atoms with Crippen molar-refractivity contribution in [3.63, 3.8) is 0 Å². The van der Waals surface area contributed by atoms with Crippen LogP contribution < -0.4 is 25.6 Å². The lowest BCUT2D eigenvalue weighted by Gasteiger charge is -2.18. The number of carbonyl (C=O) groups is 1. The van der Waals surface area contributed by atoms with Gasteiger partial charge in [-0.15, -0.1) is 10.2 Å². The fourth-order valence-corrected chi connectivity index (χ4v) is 2.62. The minimum absolute atomic E-state index is 0.157. The Morgan fingerprint density at radius 3 is 2.42 bits per heavy atom. The second-order valence-electron chi connectivity index (χ2n) is 7.01. The van der Waals surface area contributed by atoms with Crippen molar-refractivity contribution in [3.05, 3.63) is 78.4 Å². The monoisotopic (exact) mass is 453 g/mol. The predicted molar refractivity (Wildman–Crippen MR) is 121 cm³/mol. The summed E-state index contributed by atoms with van der Waals surface area (Å²) in [5, 5.41) is 21.0. The molecule has 1 heterocycles. The van der Waals surface area contributed by atoms with Gasteiger partial charge in [-0.2, -0.15) is 0 Å². The lowest BCUT2D eigenvalue weighted by molar-refractivity contribution is 0.0853. The molecule has 33 heavy (non-hydrogen) atoms. The van der Waals surface area contributed by atoms with Gasteiger partial charge in [0.25, 0.3) is 0 Å². The maximum Gasteiger partial charge on any atom is 0.426 e. The number of amides is 1. The van der Waals surface area contributed by atoms with E-state index < -0.39 is 18.4 Å². The summed E-state index contributed by atoms with van der Waals surface area (Å²) in [7, 11) is 0. The van der Waals surface area contributed by atoms with Crippen LogP contribution in [0.3, 0.4) is 0 Å². The van der Waals surface area contributed by atoms with Gasteiger partial charge in [-0.1, -0.05) is 48.5 Å². The maximum absolute atomic E-state index is 11.7. The number of hydrogen-bond acceptors (Lipinski definition) is 9. The van der Waals surface area contributed by atoms with Gasteiger partial charge in [0, 0.05) is 12.6 Å². The lowest BCUT2D eigenvalue weighted by atomic mass is 10.2. The van der Waals surface area contributed by atoms with Crippen LogP contribution in [0, 0.1) is 0 Å². The summed E-state index contributed by atoms with van der Waals surface area (Å²) in [5.74, 6) is 1.29. The zero-order valence-corrected chi connectivity index (χ0v) is 18.2. The summed E-state index contributed by atoms with van der Waals surface area (Å²) < 4.78 is 16.2. The van der Waals surface area contributed by atoms with E-state index in [4.69, 9.17) is 14.2 Å². The number of anilines is 1. The molecule has 0 radical (unpaired) electrons. The molecule has 0 spiro atoms. The van der Waals surface area contributed by atoms with E-state index in [1.165, 1.54) is 0 Å². The van der Waals surface area contributed by atoms with E-state index >= 15 is 0 Å². The highest BCUT2D eigenvalue weighted by molar-refractivity contribution is 5.68. The first-order valence-electron chi connectivity index (χ1n) is 10.4. The molecule has 2 aromatic carbocycles. The number of rotatable bonds is 12. The fourth-order valence-electron chi connectivity index (χ4n) is 2.62. The largest absolute Gasteiger partial charge is 0.491 e. The zero-order valence-electron chi connectivity index (χ0n) is 18.2. The molecule has 2 unspecified atom stereocenters. The van der Waals surface area contributed by atoms with Crippen molar-refractivity contribution in [2.75, 3.05) is 18.6 Å². The molecule has 3 rings (SSSR count). The SMILES string of the molecule is CC(NCC(O)COc1ccccc1)Oc1ccc(NNC(=O)OCc2ccccc2)nn1. The van der Waals surface area contributed by atoms with Crippen LogP contribution in [0.5, 0.6) is 11.6 Å². The van der Waals surface area contributed by atoms with E-state index in [1.807, 2.05) is 60.7 Å². The highest BCUT2D eigenvalue weighted by atomic mass is 16.6. The molecule has 0 aliphatic rings. The number of nitrogens with zero attached hydrogens (tertiary/aromatic N) is 2. The van der Waals surface area contributed by atoms with Crippen LogP contribution in [-0.2, 0) is 11.3 Å². The topological polar surface area (TPSA) is 127 Å². The van der Waals surface area contributed by atoms with Gasteiger partial charge in [-0.25, -0.2) is 10.2 Å². The van der Waals surface area contributed by atoms with E-state index in [-0.39, 0.29) is 25.6 Å². The van der Waals surface area contributed by atoms with Gasteiger partial charge in [0.2, 0.25) is 5.88 Å². The normalized spacial score (nSPS) is 12.3. The number of hydrogen-bond donors (Lipinski definition) is 4. The predicted octanol–water partition coefficient (Wildman–Crippen LogP) is 2.48. The Morgan fingerprint density at radius 1 is 1.00 bits per heavy atom. The Labute approximate surface area is 191 Å². The first kappa shape index (κ1) is 23.8. The van der Waals surface area contributed by atoms with Crippen molar-refractivity contribution in [1.29, 1.82) is 0 Å². The van der Waals surface area contributed by atoms with Crippen LogP contribution in [0.25, 0.3) is 0 Å². The molecule has 0 aliphatic heterocycles. The van der Waals surface area contributed by atoms with Crippen molar-refractivity contribution in [2.24, 2.45) is 0 Å². The third-order valence-corrected chi connectivity index (χ3v) is 4.27. The Hall–Kier alpha value is -3.89. The Morgan fingerprint density at radius 2 is 1.73 bits per heavy atom. The molecule has 0 aliphatic carbocycles. The first-order valence-corrected chi connectivity index (χ1v) is 10.4. The van der Waals surface area contributed by atoms with Gasteiger partial charge in [0.05, 0.1) is 0 Å². The number of benzene rings is 2. The fraction of sp³-hybridized carbons (Fsp3) is 0.261. The molecule has 10 nitrogen and oxygen atoms in total. The Balaban J connectivity index is 1.31. The molecule has 2 atom stereocenters. The molecule has 4 N–H and O–H groups in total. The highest BCUT2D eigenvalue weighted by Gasteiger charge is 2.10. The summed E-state index contributed by atoms with van der Waals surface area (Å²) in [5.41, 5.74) is 5.87. The number of hydrazine groups is 1. The maximum atomic E-state index is 11.7. The van der Waals surface area contributed by atoms with Gasteiger partial charge in [-0.3, -0.25) is 10.7 Å². The summed E-state index contributed by atoms with van der Waals surface area (Å²) >= 11 is 0. The Kier molecular flexibility index (Phi) is 9.25. The first-order chi connectivity index (χ1) is 16.1. The van der Waals surface area contributed by atoms with Gasteiger partial charge in [-0.05, 0) is 30.7 Å². The summed E-state index contributed by atoms with van der Waals surface area (Å²) in [4.78, 5) is 11.7. The molecule has 174 valence electrons. The minimum Gasteiger partial charge on any atom is -0.491 e. The highest BCUT2D eigenvalue weighted by Crippen LogP contribution is 2.10. The smallest absolute Gasteiger partial charge is 0.426 e. The average molecular weight is 453 g/mol. The molecule has 10 heteroatoms. The molecular weight excluding hydrogens is 426 g/mol. The van der Waals surface area contributed by atoms with Gasteiger partial charge in [0.1, 0.15) is 31.3 Å².